The van der Waals surface area contributed by atoms with E-state index < -0.39 is 0 Å². The van der Waals surface area contributed by atoms with Crippen molar-refractivity contribution in [1.29, 1.82) is 0 Å². The molecule has 0 bridgehead atoms. The molecule has 0 fully saturated rings. The summed E-state index contributed by atoms with van der Waals surface area (Å²) in [6.45, 7) is 26.2. The first-order valence-corrected chi connectivity index (χ1v) is 10.2. The van der Waals surface area contributed by atoms with Crippen LogP contribution in [-0.4, -0.2) is 6.10 Å². The highest BCUT2D eigenvalue weighted by Gasteiger charge is 2.28. The molecule has 2 atom stereocenters. The van der Waals surface area contributed by atoms with Crippen LogP contribution in [0.5, 0.6) is 5.75 Å². The van der Waals surface area contributed by atoms with Gasteiger partial charge in [-0.05, 0) is 53.2 Å². The van der Waals surface area contributed by atoms with Gasteiger partial charge in [0, 0.05) is 5.56 Å². The molecule has 0 aliphatic carbocycles. The molecule has 0 N–H and O–H groups in total. The number of hydrogen-bond donors (Lipinski definition) is 0. The summed E-state index contributed by atoms with van der Waals surface area (Å²) in [7, 11) is 0. The summed E-state index contributed by atoms with van der Waals surface area (Å²) in [5.74, 6) is 1.25. The number of allylic oxidation sites excluding steroid dienone is 1. The van der Waals surface area contributed by atoms with Crippen LogP contribution in [0.25, 0.3) is 0 Å². The van der Waals surface area contributed by atoms with Gasteiger partial charge >= 0.3 is 0 Å². The van der Waals surface area contributed by atoms with E-state index in [0.717, 1.165) is 30.6 Å². The molecular weight excluding hydrogens is 316 g/mol. The molecule has 0 radical (unpaired) electrons. The van der Waals surface area contributed by atoms with Gasteiger partial charge in [-0.2, -0.15) is 0 Å². The average Bonchev–Trinajstić information content (AvgIpc) is 2.64. The van der Waals surface area contributed by atoms with E-state index in [1.807, 2.05) is 6.08 Å². The SMILES string of the molecule is C=CC(C)C(=C)C(CC)Oc1ccc(C(C)(C)CC)cc1C(C)(C)CC. The van der Waals surface area contributed by atoms with Crippen LogP contribution in [0.3, 0.4) is 0 Å². The largest absolute Gasteiger partial charge is 0.486 e. The van der Waals surface area contributed by atoms with Crippen LogP contribution in [0, 0.1) is 5.92 Å². The van der Waals surface area contributed by atoms with Crippen molar-refractivity contribution >= 4 is 0 Å². The highest BCUT2D eigenvalue weighted by molar-refractivity contribution is 5.44. The lowest BCUT2D eigenvalue weighted by atomic mass is 9.76. The van der Waals surface area contributed by atoms with Gasteiger partial charge in [0.1, 0.15) is 11.9 Å². The Hall–Kier alpha value is -1.50. The van der Waals surface area contributed by atoms with Gasteiger partial charge in [0.25, 0.3) is 0 Å². The Morgan fingerprint density at radius 1 is 1.08 bits per heavy atom. The third-order valence-corrected chi connectivity index (χ3v) is 6.25. The van der Waals surface area contributed by atoms with Crippen molar-refractivity contribution in [2.75, 3.05) is 0 Å². The van der Waals surface area contributed by atoms with Gasteiger partial charge < -0.3 is 4.74 Å². The first-order chi connectivity index (χ1) is 12.0. The summed E-state index contributed by atoms with van der Waals surface area (Å²) in [6.07, 6.45) is 5.05. The second-order valence-corrected chi connectivity index (χ2v) is 8.80. The minimum absolute atomic E-state index is 0.0134. The van der Waals surface area contributed by atoms with Crippen LogP contribution < -0.4 is 4.74 Å². The number of hydrogen-bond acceptors (Lipinski definition) is 1. The second kappa shape index (κ2) is 8.93. The summed E-state index contributed by atoms with van der Waals surface area (Å²) in [5, 5.41) is 0. The molecule has 1 rings (SSSR count). The van der Waals surface area contributed by atoms with Crippen molar-refractivity contribution < 1.29 is 4.74 Å². The van der Waals surface area contributed by atoms with Crippen LogP contribution in [0.1, 0.15) is 85.8 Å². The predicted octanol–water partition coefficient (Wildman–Crippen LogP) is 7.60. The number of rotatable bonds is 10. The quantitative estimate of drug-likeness (QED) is 0.392. The summed E-state index contributed by atoms with van der Waals surface area (Å²) in [6, 6.07) is 6.78. The molecule has 0 aromatic heterocycles. The van der Waals surface area contributed by atoms with Gasteiger partial charge in [0.05, 0.1) is 0 Å². The van der Waals surface area contributed by atoms with Gasteiger partial charge in [-0.15, -0.1) is 6.58 Å². The summed E-state index contributed by atoms with van der Waals surface area (Å²) in [4.78, 5) is 0. The van der Waals surface area contributed by atoms with Crippen molar-refractivity contribution in [3.63, 3.8) is 0 Å². The standard InChI is InChI=1S/C25H40O/c1-11-18(5)19(6)22(12-2)26-23-16-15-20(24(7,8)13-3)17-21(23)25(9,10)14-4/h11,15-18,22H,1,6,12-14H2,2-5,7-10H3. The van der Waals surface area contributed by atoms with Crippen LogP contribution >= 0.6 is 0 Å². The van der Waals surface area contributed by atoms with Gasteiger partial charge in [0.15, 0.2) is 0 Å². The Kier molecular flexibility index (Phi) is 7.74. The monoisotopic (exact) mass is 356 g/mol. The maximum absolute atomic E-state index is 6.52. The molecular formula is C25H40O. The average molecular weight is 357 g/mol. The zero-order chi connectivity index (χ0) is 20.1. The fourth-order valence-corrected chi connectivity index (χ4v) is 3.00. The second-order valence-electron chi connectivity index (χ2n) is 8.80. The molecule has 146 valence electrons. The highest BCUT2D eigenvalue weighted by Crippen LogP contribution is 2.39. The minimum atomic E-state index is 0.0134. The molecule has 0 aliphatic heterocycles. The lowest BCUT2D eigenvalue weighted by Crippen LogP contribution is -2.25. The maximum atomic E-state index is 6.52. The van der Waals surface area contributed by atoms with Crippen molar-refractivity contribution in [3.05, 3.63) is 54.1 Å². The lowest BCUT2D eigenvalue weighted by molar-refractivity contribution is 0.218. The molecule has 0 heterocycles. The zero-order valence-corrected chi connectivity index (χ0v) is 18.4. The van der Waals surface area contributed by atoms with E-state index >= 15 is 0 Å². The number of ether oxygens (including phenoxy) is 1. The molecule has 1 nitrogen and oxygen atoms in total. The first kappa shape index (κ1) is 22.5. The van der Waals surface area contributed by atoms with Crippen LogP contribution in [-0.2, 0) is 10.8 Å². The lowest BCUT2D eigenvalue weighted by Gasteiger charge is -2.32. The van der Waals surface area contributed by atoms with E-state index in [1.54, 1.807) is 0 Å². The zero-order valence-electron chi connectivity index (χ0n) is 18.4. The molecule has 0 saturated carbocycles. The normalized spacial score (nSPS) is 14.6. The summed E-state index contributed by atoms with van der Waals surface area (Å²) in [5.41, 5.74) is 4.02. The summed E-state index contributed by atoms with van der Waals surface area (Å²) >= 11 is 0. The van der Waals surface area contributed by atoms with Gasteiger partial charge in [-0.1, -0.05) is 80.2 Å². The van der Waals surface area contributed by atoms with Gasteiger partial charge in [-0.3, -0.25) is 0 Å². The van der Waals surface area contributed by atoms with Crippen molar-refractivity contribution in [1.82, 2.24) is 0 Å². The van der Waals surface area contributed by atoms with Crippen LogP contribution in [0.15, 0.2) is 43.0 Å². The molecule has 2 unspecified atom stereocenters. The van der Waals surface area contributed by atoms with Crippen LogP contribution in [0.2, 0.25) is 0 Å². The first-order valence-electron chi connectivity index (χ1n) is 10.2. The van der Waals surface area contributed by atoms with Crippen molar-refractivity contribution in [3.8, 4) is 5.75 Å². The Morgan fingerprint density at radius 2 is 1.65 bits per heavy atom. The third kappa shape index (κ3) is 5.02. The Bertz CT molecular complexity index is 621. The molecule has 0 aliphatic rings. The van der Waals surface area contributed by atoms with E-state index in [1.165, 1.54) is 11.1 Å². The molecule has 1 heteroatoms. The molecule has 26 heavy (non-hydrogen) atoms. The van der Waals surface area contributed by atoms with Gasteiger partial charge in [0.2, 0.25) is 0 Å². The van der Waals surface area contributed by atoms with E-state index in [2.05, 4.69) is 86.7 Å². The molecule has 1 aromatic rings. The fraction of sp³-hybridized carbons (Fsp3) is 0.600. The number of benzene rings is 1. The third-order valence-electron chi connectivity index (χ3n) is 6.25. The van der Waals surface area contributed by atoms with E-state index in [4.69, 9.17) is 4.74 Å². The van der Waals surface area contributed by atoms with Crippen LogP contribution in [0.4, 0.5) is 0 Å². The predicted molar refractivity (Wildman–Crippen MR) is 116 cm³/mol. The highest BCUT2D eigenvalue weighted by atomic mass is 16.5. The summed E-state index contributed by atoms with van der Waals surface area (Å²) < 4.78 is 6.52. The van der Waals surface area contributed by atoms with Gasteiger partial charge in [-0.25, -0.2) is 0 Å². The minimum Gasteiger partial charge on any atom is -0.486 e. The fourth-order valence-electron chi connectivity index (χ4n) is 3.00. The Balaban J connectivity index is 3.37. The molecule has 1 aromatic carbocycles. The van der Waals surface area contributed by atoms with E-state index in [0.29, 0.717) is 0 Å². The molecule has 0 saturated heterocycles. The molecule has 0 spiro atoms. The Morgan fingerprint density at radius 3 is 2.12 bits per heavy atom. The smallest absolute Gasteiger partial charge is 0.123 e. The Labute approximate surface area is 162 Å². The topological polar surface area (TPSA) is 9.23 Å². The van der Waals surface area contributed by atoms with Crippen molar-refractivity contribution in [2.45, 2.75) is 91.6 Å². The van der Waals surface area contributed by atoms with E-state index in [-0.39, 0.29) is 22.9 Å². The maximum Gasteiger partial charge on any atom is 0.123 e. The van der Waals surface area contributed by atoms with Crippen molar-refractivity contribution in [2.24, 2.45) is 5.92 Å². The van der Waals surface area contributed by atoms with E-state index in [9.17, 15) is 0 Å². The molecule has 0 amide bonds.